The van der Waals surface area contributed by atoms with Crippen LogP contribution < -0.4 is 0 Å². The van der Waals surface area contributed by atoms with Gasteiger partial charge in [-0.25, -0.2) is 0 Å². The Morgan fingerprint density at radius 1 is 0.547 bits per heavy atom. The second-order valence-corrected chi connectivity index (χ2v) is 17.3. The van der Waals surface area contributed by atoms with Gasteiger partial charge in [-0.2, -0.15) is 0 Å². The zero-order chi connectivity index (χ0) is 40.6. The predicted octanol–water partition coefficient (Wildman–Crippen LogP) is -0.127. The number of hydrogen-bond donors (Lipinski definition) is 0. The quantitative estimate of drug-likeness (QED) is 0.119. The normalized spacial score (nSPS) is 19.4. The summed E-state index contributed by atoms with van der Waals surface area (Å²) in [6.07, 6.45) is 8.51. The highest BCUT2D eigenvalue weighted by Gasteiger charge is 2.56. The topological polar surface area (TPSA) is 68.3 Å². The Morgan fingerprint density at radius 2 is 0.925 bits per heavy atom. The molecule has 4 fully saturated rings. The van der Waals surface area contributed by atoms with E-state index in [9.17, 15) is 19.2 Å². The van der Waals surface area contributed by atoms with Crippen LogP contribution in [-0.2, 0) is 19.2 Å². The molecule has 20 radical (unpaired) electrons. The van der Waals surface area contributed by atoms with Gasteiger partial charge in [0, 0.05) is 147 Å². The Hall–Kier alpha value is -0.0213. The number of ketones is 4. The Balaban J connectivity index is 0.000000318. The summed E-state index contributed by atoms with van der Waals surface area (Å²) >= 11 is 0. The first-order valence-corrected chi connectivity index (χ1v) is 20.2. The molecule has 0 aromatic carbocycles. The summed E-state index contributed by atoms with van der Waals surface area (Å²) in [6, 6.07) is 0. The van der Waals surface area contributed by atoms with Gasteiger partial charge in [0.05, 0.1) is 18.6 Å². The lowest BCUT2D eigenvalue weighted by molar-refractivity contribution is -0.139. The fourth-order valence-electron chi connectivity index (χ4n) is 8.83. The highest BCUT2D eigenvalue weighted by atomic mass is 16.2. The van der Waals surface area contributed by atoms with E-state index in [0.717, 1.165) is 50.7 Å². The molecular formula is C29H48B20O4. The number of rotatable bonds is 22. The van der Waals surface area contributed by atoms with Crippen LogP contribution in [0.1, 0.15) is 112 Å². The third-order valence-electron chi connectivity index (χ3n) is 13.1. The molecular weight excluding hydrogens is 629 g/mol. The molecule has 0 N–H and O–H groups in total. The van der Waals surface area contributed by atoms with Crippen LogP contribution in [0.15, 0.2) is 0 Å². The molecule has 2 aliphatic carbocycles. The highest BCUT2D eigenvalue weighted by Crippen LogP contribution is 2.54. The molecule has 0 bridgehead atoms. The summed E-state index contributed by atoms with van der Waals surface area (Å²) in [5.74, 6) is 2.54. The molecule has 0 amide bonds. The lowest BCUT2D eigenvalue weighted by Gasteiger charge is -2.32. The van der Waals surface area contributed by atoms with Crippen molar-refractivity contribution in [2.24, 2.45) is 22.7 Å². The lowest BCUT2D eigenvalue weighted by atomic mass is 8.57. The Morgan fingerprint density at radius 3 is 1.19 bits per heavy atom. The van der Waals surface area contributed by atoms with Gasteiger partial charge in [-0.1, -0.05) is 70.7 Å². The van der Waals surface area contributed by atoms with Crippen molar-refractivity contribution in [3.05, 3.63) is 0 Å². The van der Waals surface area contributed by atoms with E-state index in [1.54, 1.807) is 6.92 Å². The van der Waals surface area contributed by atoms with Crippen molar-refractivity contribution in [2.45, 2.75) is 136 Å². The standard InChI is InChI=1S/C12H18B10O2.C12H20B10O.C5H10O/c1-8(23)12(9(2)24,5-10-3-4-10)6-11-7-18(11)22(20(15)16)21(17)19(13)14;1-3-12(9(2)23,6-10-4-5-10)7-11-8-18(11)22(20(15)16)21(17)19(13)14;1-3-5(6)4-2/h10-11H,3-7H2,1-2H3;10-11H,3-8H2,1-2H3;3-4H2,1-2H3. The lowest BCUT2D eigenvalue weighted by Crippen LogP contribution is -2.63. The van der Waals surface area contributed by atoms with Crippen LogP contribution in [0.5, 0.6) is 0 Å². The second kappa shape index (κ2) is 21.7. The molecule has 2 saturated heterocycles. The summed E-state index contributed by atoms with van der Waals surface area (Å²) in [6.45, 7) is 11.2. The second-order valence-electron chi connectivity index (χ2n) is 17.3. The summed E-state index contributed by atoms with van der Waals surface area (Å²) in [4.78, 5) is 47.2. The van der Waals surface area contributed by atoms with Gasteiger partial charge >= 0.3 is 0 Å². The van der Waals surface area contributed by atoms with E-state index in [2.05, 4.69) is 6.92 Å². The maximum Gasteiger partial charge on any atom is 0.143 e. The number of hydrogen-bond acceptors (Lipinski definition) is 4. The Bertz CT molecular complexity index is 1200. The van der Waals surface area contributed by atoms with Gasteiger partial charge in [-0.15, -0.1) is 0 Å². The van der Waals surface area contributed by atoms with E-state index in [0.29, 0.717) is 55.6 Å². The number of carbonyl (C=O) groups excluding carboxylic acids is 4. The third kappa shape index (κ3) is 14.4. The molecule has 3 atom stereocenters. The van der Waals surface area contributed by atoms with E-state index >= 15 is 0 Å². The van der Waals surface area contributed by atoms with Crippen molar-refractivity contribution < 1.29 is 19.2 Å². The van der Waals surface area contributed by atoms with Gasteiger partial charge in [0.15, 0.2) is 0 Å². The third-order valence-corrected chi connectivity index (χ3v) is 13.1. The van der Waals surface area contributed by atoms with Gasteiger partial charge in [0.1, 0.15) is 23.1 Å². The average Bonchev–Trinajstić information content (AvgIpc) is 3.86. The zero-order valence-corrected chi connectivity index (χ0v) is 33.7. The van der Waals surface area contributed by atoms with Crippen molar-refractivity contribution in [2.75, 3.05) is 0 Å². The smallest absolute Gasteiger partial charge is 0.143 e. The minimum absolute atomic E-state index is 0.0269. The monoisotopic (exact) mass is 681 g/mol. The predicted molar refractivity (Wildman–Crippen MR) is 249 cm³/mol. The maximum absolute atomic E-state index is 12.4. The Kier molecular flexibility index (Phi) is 20.1. The van der Waals surface area contributed by atoms with E-state index in [-0.39, 0.29) is 42.2 Å². The van der Waals surface area contributed by atoms with Gasteiger partial charge in [-0.3, -0.25) is 19.2 Å². The molecule has 24 heteroatoms. The average molecular weight is 677 g/mol. The first-order valence-electron chi connectivity index (χ1n) is 20.2. The number of Topliss-reactive ketones (excluding diaryl/α,β-unsaturated/α-hetero) is 4. The van der Waals surface area contributed by atoms with Crippen LogP contribution in [0.2, 0.25) is 24.3 Å². The summed E-state index contributed by atoms with van der Waals surface area (Å²) in [5.41, 5.74) is -1.04. The molecule has 0 spiro atoms. The summed E-state index contributed by atoms with van der Waals surface area (Å²) in [7, 11) is 58.9. The van der Waals surface area contributed by atoms with E-state index in [1.807, 2.05) is 13.8 Å². The minimum atomic E-state index is -0.862. The molecule has 4 aliphatic rings. The molecule has 0 aromatic heterocycles. The van der Waals surface area contributed by atoms with Gasteiger partial charge in [0.25, 0.3) is 0 Å². The van der Waals surface area contributed by atoms with Gasteiger partial charge in [-0.05, 0) is 64.7 Å². The van der Waals surface area contributed by atoms with Crippen LogP contribution in [0.4, 0.5) is 0 Å². The molecule has 2 aliphatic heterocycles. The SMILES string of the molecule is CCC(=O)CC.[B]B([B])B([B])B(B([B])[B])B1CC1CC(CC)(CC1CC1)C(C)=O.[B]B([B])B([B])B(B([B])[B])B1CC1CC(CC1CC1)(C(C)=O)C(C)=O. The maximum atomic E-state index is 12.4. The van der Waals surface area contributed by atoms with Crippen molar-refractivity contribution in [3.63, 3.8) is 0 Å². The first-order chi connectivity index (χ1) is 24.6. The molecule has 4 nitrogen and oxygen atoms in total. The molecule has 53 heavy (non-hydrogen) atoms. The van der Waals surface area contributed by atoms with Gasteiger partial charge < -0.3 is 0 Å². The molecule has 4 rings (SSSR count). The van der Waals surface area contributed by atoms with Crippen LogP contribution in [0.25, 0.3) is 0 Å². The molecule has 3 unspecified atom stereocenters. The summed E-state index contributed by atoms with van der Waals surface area (Å²) < 4.78 is 0. The number of carbonyl (C=O) groups is 4. The van der Waals surface area contributed by atoms with E-state index in [4.69, 9.17) is 77.4 Å². The van der Waals surface area contributed by atoms with E-state index < -0.39 is 43.7 Å². The zero-order valence-electron chi connectivity index (χ0n) is 33.7. The fraction of sp³-hybridized carbons (Fsp3) is 0.862. The van der Waals surface area contributed by atoms with Gasteiger partial charge in [0.2, 0.25) is 0 Å². The van der Waals surface area contributed by atoms with Crippen molar-refractivity contribution in [3.8, 4) is 0 Å². The van der Waals surface area contributed by atoms with Crippen molar-refractivity contribution in [1.82, 2.24) is 0 Å². The van der Waals surface area contributed by atoms with Crippen LogP contribution in [0.3, 0.4) is 0 Å². The Labute approximate surface area is 341 Å². The largest absolute Gasteiger partial charge is 0.300 e. The van der Waals surface area contributed by atoms with Crippen molar-refractivity contribution in [1.29, 1.82) is 0 Å². The van der Waals surface area contributed by atoms with E-state index in [1.165, 1.54) is 26.7 Å². The van der Waals surface area contributed by atoms with Crippen LogP contribution >= 0.6 is 0 Å². The molecule has 2 saturated carbocycles. The minimum Gasteiger partial charge on any atom is -0.300 e. The van der Waals surface area contributed by atoms with Crippen LogP contribution in [-0.4, -0.2) is 165 Å². The fourth-order valence-corrected chi connectivity index (χ4v) is 8.83. The molecule has 2 heterocycles. The molecule has 0 aromatic rings. The van der Waals surface area contributed by atoms with Crippen LogP contribution in [0, 0.1) is 22.7 Å². The first kappa shape index (κ1) is 49.1. The summed E-state index contributed by atoms with van der Waals surface area (Å²) in [5, 5.41) is 0. The molecule has 248 valence electrons. The highest BCUT2D eigenvalue weighted by molar-refractivity contribution is 8.01. The van der Waals surface area contributed by atoms with Crippen molar-refractivity contribution >= 4 is 165 Å².